The van der Waals surface area contributed by atoms with E-state index in [1.807, 2.05) is 12.1 Å². The molecule has 2 atom stereocenters. The van der Waals surface area contributed by atoms with Crippen molar-refractivity contribution in [2.75, 3.05) is 13.7 Å². The Kier molecular flexibility index (Phi) is 6.69. The Balaban J connectivity index is 3.21. The second-order valence-electron chi connectivity index (χ2n) is 6.76. The van der Waals surface area contributed by atoms with E-state index in [-0.39, 0.29) is 23.7 Å². The maximum atomic E-state index is 5.98. The van der Waals surface area contributed by atoms with Gasteiger partial charge in [0.2, 0.25) is 0 Å². The van der Waals surface area contributed by atoms with E-state index in [2.05, 4.69) is 59.0 Å². The van der Waals surface area contributed by atoms with E-state index in [1.54, 1.807) is 7.11 Å². The van der Waals surface area contributed by atoms with Gasteiger partial charge in [-0.15, -0.1) is 0 Å². The highest BCUT2D eigenvalue weighted by molar-refractivity contribution is 5.37. The van der Waals surface area contributed by atoms with Gasteiger partial charge in [0, 0.05) is 12.7 Å². The van der Waals surface area contributed by atoms with Gasteiger partial charge in [0.05, 0.1) is 18.2 Å². The summed E-state index contributed by atoms with van der Waals surface area (Å²) in [6, 6.07) is 8.35. The summed E-state index contributed by atoms with van der Waals surface area (Å²) in [5.41, 5.74) is 1.20. The fraction of sp³-hybridized carbons (Fsp3) is 0.667. The Hall–Kier alpha value is -1.06. The molecule has 0 aliphatic rings. The number of benzene rings is 1. The molecule has 0 heterocycles. The number of rotatable bonds is 7. The van der Waals surface area contributed by atoms with Crippen LogP contribution in [0.1, 0.15) is 53.1 Å². The van der Waals surface area contributed by atoms with Crippen LogP contribution in [-0.2, 0) is 4.74 Å². The first-order valence-electron chi connectivity index (χ1n) is 7.83. The van der Waals surface area contributed by atoms with E-state index in [0.29, 0.717) is 0 Å². The molecule has 1 aromatic carbocycles. The average Bonchev–Trinajstić information content (AvgIpc) is 2.37. The highest BCUT2D eigenvalue weighted by Gasteiger charge is 2.34. The smallest absolute Gasteiger partial charge is 0.124 e. The first-order valence-corrected chi connectivity index (χ1v) is 7.83. The Morgan fingerprint density at radius 3 is 2.24 bits per heavy atom. The summed E-state index contributed by atoms with van der Waals surface area (Å²) in [5.74, 6) is 0.935. The van der Waals surface area contributed by atoms with Crippen molar-refractivity contribution < 1.29 is 9.47 Å². The monoisotopic (exact) mass is 293 g/mol. The van der Waals surface area contributed by atoms with Crippen molar-refractivity contribution in [2.45, 2.75) is 59.8 Å². The Morgan fingerprint density at radius 1 is 1.14 bits per heavy atom. The third-order valence-electron chi connectivity index (χ3n) is 3.45. The minimum Gasteiger partial charge on any atom is -0.491 e. The van der Waals surface area contributed by atoms with Crippen LogP contribution in [0.2, 0.25) is 0 Å². The molecule has 21 heavy (non-hydrogen) atoms. The number of hydrogen-bond acceptors (Lipinski definition) is 3. The molecule has 1 N–H and O–H groups in total. The van der Waals surface area contributed by atoms with Gasteiger partial charge >= 0.3 is 0 Å². The standard InChI is InChI=1S/C18H31NO2/c1-8-19-16(17(20-7)18(4,5)6)14-11-9-10-12-15(14)21-13(2)3/h9-13,16-17,19H,8H2,1-7H3. The van der Waals surface area contributed by atoms with Gasteiger partial charge in [-0.1, -0.05) is 45.9 Å². The van der Waals surface area contributed by atoms with Crippen LogP contribution >= 0.6 is 0 Å². The molecular weight excluding hydrogens is 262 g/mol. The van der Waals surface area contributed by atoms with Gasteiger partial charge in [-0.25, -0.2) is 0 Å². The average molecular weight is 293 g/mol. The van der Waals surface area contributed by atoms with Crippen molar-refractivity contribution in [1.82, 2.24) is 5.32 Å². The zero-order chi connectivity index (χ0) is 16.0. The molecule has 0 fully saturated rings. The van der Waals surface area contributed by atoms with E-state index in [1.165, 1.54) is 0 Å². The molecular formula is C18H31NO2. The van der Waals surface area contributed by atoms with Crippen LogP contribution in [0.4, 0.5) is 0 Å². The van der Waals surface area contributed by atoms with E-state index >= 15 is 0 Å². The number of ether oxygens (including phenoxy) is 2. The lowest BCUT2D eigenvalue weighted by atomic mass is 9.81. The molecule has 0 spiro atoms. The van der Waals surface area contributed by atoms with Gasteiger partial charge in [0.15, 0.2) is 0 Å². The maximum Gasteiger partial charge on any atom is 0.124 e. The van der Waals surface area contributed by atoms with Crippen molar-refractivity contribution in [2.24, 2.45) is 5.41 Å². The molecule has 0 aliphatic carbocycles. The Bertz CT molecular complexity index is 423. The van der Waals surface area contributed by atoms with Crippen LogP contribution in [-0.4, -0.2) is 25.9 Å². The molecule has 3 nitrogen and oxygen atoms in total. The molecule has 0 radical (unpaired) electrons. The SMILES string of the molecule is CCNC(c1ccccc1OC(C)C)C(OC)C(C)(C)C. The largest absolute Gasteiger partial charge is 0.491 e. The molecule has 3 heteroatoms. The van der Waals surface area contributed by atoms with Gasteiger partial charge in [0.25, 0.3) is 0 Å². The van der Waals surface area contributed by atoms with Gasteiger partial charge in [-0.2, -0.15) is 0 Å². The van der Waals surface area contributed by atoms with Crippen LogP contribution in [0.25, 0.3) is 0 Å². The van der Waals surface area contributed by atoms with Crippen molar-refractivity contribution in [3.8, 4) is 5.75 Å². The van der Waals surface area contributed by atoms with Crippen molar-refractivity contribution in [3.05, 3.63) is 29.8 Å². The summed E-state index contributed by atoms with van der Waals surface area (Å²) in [6.45, 7) is 13.7. The molecule has 120 valence electrons. The molecule has 2 unspecified atom stereocenters. The normalized spacial score (nSPS) is 15.0. The zero-order valence-electron chi connectivity index (χ0n) is 14.6. The summed E-state index contributed by atoms with van der Waals surface area (Å²) in [7, 11) is 1.78. The topological polar surface area (TPSA) is 30.5 Å². The van der Waals surface area contributed by atoms with Gasteiger partial charge in [-0.05, 0) is 31.9 Å². The predicted octanol–water partition coefficient (Wildman–Crippen LogP) is 4.19. The van der Waals surface area contributed by atoms with Gasteiger partial charge in [-0.3, -0.25) is 0 Å². The minimum atomic E-state index is 0.0343. The van der Waals surface area contributed by atoms with Crippen LogP contribution in [0, 0.1) is 5.41 Å². The van der Waals surface area contributed by atoms with Gasteiger partial charge in [0.1, 0.15) is 5.75 Å². The number of likely N-dealkylation sites (N-methyl/N-ethyl adjacent to an activating group) is 1. The van der Waals surface area contributed by atoms with E-state index in [0.717, 1.165) is 17.9 Å². The maximum absolute atomic E-state index is 5.98. The quantitative estimate of drug-likeness (QED) is 0.818. The molecule has 0 saturated carbocycles. The number of hydrogen-bond donors (Lipinski definition) is 1. The second kappa shape index (κ2) is 7.81. The molecule has 1 aromatic rings. The summed E-state index contributed by atoms with van der Waals surface area (Å²) >= 11 is 0. The van der Waals surface area contributed by atoms with Crippen LogP contribution in [0.15, 0.2) is 24.3 Å². The van der Waals surface area contributed by atoms with Crippen LogP contribution in [0.5, 0.6) is 5.75 Å². The summed E-state index contributed by atoms with van der Waals surface area (Å²) in [4.78, 5) is 0. The highest BCUT2D eigenvalue weighted by Crippen LogP contribution is 2.36. The molecule has 0 bridgehead atoms. The number of methoxy groups -OCH3 is 1. The lowest BCUT2D eigenvalue weighted by Gasteiger charge is -2.37. The molecule has 0 aromatic heterocycles. The molecule has 0 saturated heterocycles. The Labute approximate surface area is 130 Å². The summed E-state index contributed by atoms with van der Waals surface area (Å²) in [5, 5.41) is 3.57. The summed E-state index contributed by atoms with van der Waals surface area (Å²) in [6.07, 6.45) is 0.221. The second-order valence-corrected chi connectivity index (χ2v) is 6.76. The number of nitrogens with one attached hydrogen (secondary N) is 1. The molecule has 0 amide bonds. The third-order valence-corrected chi connectivity index (χ3v) is 3.45. The van der Waals surface area contributed by atoms with E-state index in [9.17, 15) is 0 Å². The van der Waals surface area contributed by atoms with Gasteiger partial charge < -0.3 is 14.8 Å². The highest BCUT2D eigenvalue weighted by atomic mass is 16.5. The lowest BCUT2D eigenvalue weighted by Crippen LogP contribution is -2.41. The van der Waals surface area contributed by atoms with E-state index in [4.69, 9.17) is 9.47 Å². The minimum absolute atomic E-state index is 0.0343. The predicted molar refractivity (Wildman–Crippen MR) is 88.9 cm³/mol. The van der Waals surface area contributed by atoms with Crippen molar-refractivity contribution in [3.63, 3.8) is 0 Å². The van der Waals surface area contributed by atoms with Crippen LogP contribution in [0.3, 0.4) is 0 Å². The van der Waals surface area contributed by atoms with E-state index < -0.39 is 0 Å². The molecule has 0 aliphatic heterocycles. The van der Waals surface area contributed by atoms with Crippen molar-refractivity contribution in [1.29, 1.82) is 0 Å². The third kappa shape index (κ3) is 5.01. The fourth-order valence-corrected chi connectivity index (χ4v) is 2.69. The lowest BCUT2D eigenvalue weighted by molar-refractivity contribution is -0.0123. The first-order chi connectivity index (χ1) is 9.81. The fourth-order valence-electron chi connectivity index (χ4n) is 2.69. The van der Waals surface area contributed by atoms with Crippen LogP contribution < -0.4 is 10.1 Å². The molecule has 1 rings (SSSR count). The first kappa shape index (κ1) is 18.0. The Morgan fingerprint density at radius 2 is 1.76 bits per heavy atom. The van der Waals surface area contributed by atoms with Crippen molar-refractivity contribution >= 4 is 0 Å². The summed E-state index contributed by atoms with van der Waals surface area (Å²) < 4.78 is 11.8. The number of para-hydroxylation sites is 1. The zero-order valence-corrected chi connectivity index (χ0v) is 14.6.